The van der Waals surface area contributed by atoms with Crippen LogP contribution < -0.4 is 5.32 Å². The number of amides is 2. The summed E-state index contributed by atoms with van der Waals surface area (Å²) in [5.41, 5.74) is -0.885. The normalized spacial score (nSPS) is 18.8. The number of hydrogen-bond acceptors (Lipinski definition) is 8. The molecule has 2 heterocycles. The number of likely N-dealkylation sites (tertiary alicyclic amines) is 1. The number of hydrogen-bond donors (Lipinski definition) is 1. The fourth-order valence-electron chi connectivity index (χ4n) is 5.32. The number of thioether (sulfide) groups is 1. The van der Waals surface area contributed by atoms with Gasteiger partial charge in [0.2, 0.25) is 18.1 Å². The van der Waals surface area contributed by atoms with E-state index in [2.05, 4.69) is 20.4 Å². The number of aromatic nitrogens is 2. The van der Waals surface area contributed by atoms with Gasteiger partial charge in [-0.2, -0.15) is 0 Å². The van der Waals surface area contributed by atoms with Crippen molar-refractivity contribution in [2.24, 2.45) is 5.92 Å². The summed E-state index contributed by atoms with van der Waals surface area (Å²) in [4.78, 5) is 43.4. The number of carbonyl (C=O) groups excluding carboxylic acids is 3. The molecular formula is C26H44ClN5O4S. The van der Waals surface area contributed by atoms with E-state index in [1.54, 1.807) is 4.90 Å². The number of piperidine rings is 1. The van der Waals surface area contributed by atoms with Crippen molar-refractivity contribution in [2.75, 3.05) is 19.6 Å². The van der Waals surface area contributed by atoms with E-state index in [0.29, 0.717) is 30.9 Å². The largest absolute Gasteiger partial charge is 0.408 e. The van der Waals surface area contributed by atoms with Crippen LogP contribution in [-0.4, -0.2) is 74.7 Å². The molecule has 11 heteroatoms. The first kappa shape index (κ1) is 31.6. The van der Waals surface area contributed by atoms with Gasteiger partial charge in [-0.3, -0.25) is 14.4 Å². The minimum absolute atomic E-state index is 0. The maximum Gasteiger partial charge on any atom is 0.286 e. The summed E-state index contributed by atoms with van der Waals surface area (Å²) < 4.78 is 5.68. The van der Waals surface area contributed by atoms with Crippen LogP contribution in [0.2, 0.25) is 0 Å². The molecule has 3 rings (SSSR count). The fraction of sp³-hybridized carbons (Fsp3) is 0.808. The molecule has 0 bridgehead atoms. The van der Waals surface area contributed by atoms with E-state index in [4.69, 9.17) is 4.42 Å². The van der Waals surface area contributed by atoms with Crippen molar-refractivity contribution in [3.8, 4) is 0 Å². The molecule has 0 radical (unpaired) electrons. The molecule has 0 aromatic carbocycles. The molecule has 1 saturated carbocycles. The predicted octanol–water partition coefficient (Wildman–Crippen LogP) is 4.70. The lowest BCUT2D eigenvalue weighted by Crippen LogP contribution is -2.65. The van der Waals surface area contributed by atoms with Gasteiger partial charge in [-0.1, -0.05) is 52.3 Å². The first-order valence-electron chi connectivity index (χ1n) is 13.6. The van der Waals surface area contributed by atoms with Gasteiger partial charge in [-0.15, -0.1) is 22.6 Å². The van der Waals surface area contributed by atoms with Crippen molar-refractivity contribution in [2.45, 2.75) is 114 Å². The van der Waals surface area contributed by atoms with Gasteiger partial charge in [0.1, 0.15) is 11.7 Å². The Bertz CT molecular complexity index is 869. The Morgan fingerprint density at radius 3 is 2.32 bits per heavy atom. The number of carbonyl (C=O) groups is 3. The molecule has 0 spiro atoms. The lowest BCUT2D eigenvalue weighted by Gasteiger charge is -2.48. The van der Waals surface area contributed by atoms with Crippen LogP contribution in [0.1, 0.15) is 103 Å². The van der Waals surface area contributed by atoms with E-state index >= 15 is 0 Å². The standard InChI is InChI=1S/C26H43N5O4S.ClH/c1-19(2)17-21(23(34)24-28-29-25(35-24)36-20(3)4)31(18-32)26(12-7-5-8-13-26)27-22(33)11-16-30-14-9-6-10-15-30;/h18-21H,5-17H2,1-4H3,(H,27,33);1H. The zero-order chi connectivity index (χ0) is 26.1. The molecule has 1 N–H and O–H groups in total. The summed E-state index contributed by atoms with van der Waals surface area (Å²) in [6.45, 7) is 10.8. The van der Waals surface area contributed by atoms with Crippen molar-refractivity contribution >= 4 is 42.3 Å². The van der Waals surface area contributed by atoms with Gasteiger partial charge in [0.15, 0.2) is 0 Å². The maximum absolute atomic E-state index is 13.7. The lowest BCUT2D eigenvalue weighted by molar-refractivity contribution is -0.137. The molecule has 2 amide bonds. The molecule has 1 atom stereocenters. The number of nitrogens with zero attached hydrogens (tertiary/aromatic N) is 4. The van der Waals surface area contributed by atoms with Crippen molar-refractivity contribution in [1.82, 2.24) is 25.3 Å². The quantitative estimate of drug-likeness (QED) is 0.161. The third kappa shape index (κ3) is 8.96. The smallest absolute Gasteiger partial charge is 0.286 e. The van der Waals surface area contributed by atoms with Crippen molar-refractivity contribution in [3.63, 3.8) is 0 Å². The predicted molar refractivity (Wildman–Crippen MR) is 147 cm³/mol. The summed E-state index contributed by atoms with van der Waals surface area (Å²) >= 11 is 1.39. The molecule has 9 nitrogen and oxygen atoms in total. The van der Waals surface area contributed by atoms with Crippen molar-refractivity contribution in [3.05, 3.63) is 5.89 Å². The minimum Gasteiger partial charge on any atom is -0.408 e. The number of nitrogens with one attached hydrogen (secondary N) is 1. The Morgan fingerprint density at radius 2 is 1.73 bits per heavy atom. The molecule has 1 aromatic rings. The SMILES string of the molecule is CC(C)CC(C(=O)c1nnc(SC(C)C)o1)N(C=O)C1(NC(=O)CCN2CCCCC2)CCCCC1.Cl. The van der Waals surface area contributed by atoms with E-state index in [-0.39, 0.29) is 41.2 Å². The van der Waals surface area contributed by atoms with Gasteiger partial charge in [-0.05, 0) is 64.0 Å². The molecule has 210 valence electrons. The average Bonchev–Trinajstić information content (AvgIpc) is 3.31. The van der Waals surface area contributed by atoms with E-state index in [1.165, 1.54) is 31.0 Å². The third-order valence-electron chi connectivity index (χ3n) is 7.05. The van der Waals surface area contributed by atoms with Crippen LogP contribution in [0.25, 0.3) is 0 Å². The Morgan fingerprint density at radius 1 is 1.08 bits per heavy atom. The van der Waals surface area contributed by atoms with Gasteiger partial charge < -0.3 is 19.5 Å². The van der Waals surface area contributed by atoms with Crippen LogP contribution in [0.3, 0.4) is 0 Å². The Kier molecular flexibility index (Phi) is 12.9. The lowest BCUT2D eigenvalue weighted by atomic mass is 9.85. The summed E-state index contributed by atoms with van der Waals surface area (Å²) in [6, 6.07) is -0.791. The summed E-state index contributed by atoms with van der Waals surface area (Å²) in [5.74, 6) is -0.382. The van der Waals surface area contributed by atoms with E-state index in [1.807, 2.05) is 27.7 Å². The van der Waals surface area contributed by atoms with Crippen LogP contribution in [0, 0.1) is 5.92 Å². The van der Waals surface area contributed by atoms with Crippen molar-refractivity contribution < 1.29 is 18.8 Å². The third-order valence-corrected chi connectivity index (χ3v) is 7.89. The molecule has 1 unspecified atom stereocenters. The molecule has 2 aliphatic rings. The fourth-order valence-corrected chi connectivity index (χ4v) is 5.93. The van der Waals surface area contributed by atoms with Crippen LogP contribution in [0.4, 0.5) is 0 Å². The van der Waals surface area contributed by atoms with Crippen LogP contribution in [-0.2, 0) is 9.59 Å². The van der Waals surface area contributed by atoms with E-state index in [0.717, 1.165) is 45.3 Å². The first-order valence-corrected chi connectivity index (χ1v) is 14.4. The van der Waals surface area contributed by atoms with Crippen LogP contribution in [0.5, 0.6) is 0 Å². The van der Waals surface area contributed by atoms with Crippen molar-refractivity contribution in [1.29, 1.82) is 0 Å². The van der Waals surface area contributed by atoms with E-state index < -0.39 is 11.7 Å². The Labute approximate surface area is 231 Å². The number of rotatable bonds is 13. The van der Waals surface area contributed by atoms with Gasteiger partial charge in [0.05, 0.1) is 0 Å². The molecular weight excluding hydrogens is 514 g/mol. The number of ketones is 1. The van der Waals surface area contributed by atoms with E-state index in [9.17, 15) is 14.4 Å². The van der Waals surface area contributed by atoms with Gasteiger partial charge in [0, 0.05) is 18.2 Å². The summed E-state index contributed by atoms with van der Waals surface area (Å²) in [6.07, 6.45) is 9.24. The number of Topliss-reactive ketones (excluding diaryl/α,β-unsaturated/α-hetero) is 1. The minimum atomic E-state index is -0.885. The summed E-state index contributed by atoms with van der Waals surface area (Å²) in [7, 11) is 0. The Hall–Kier alpha value is -1.65. The zero-order valence-corrected chi connectivity index (χ0v) is 24.4. The first-order chi connectivity index (χ1) is 17.2. The second kappa shape index (κ2) is 15.1. The second-order valence-electron chi connectivity index (χ2n) is 10.9. The molecule has 1 aromatic heterocycles. The number of halogens is 1. The van der Waals surface area contributed by atoms with Gasteiger partial charge in [-0.25, -0.2) is 0 Å². The van der Waals surface area contributed by atoms with Gasteiger partial charge in [0.25, 0.3) is 11.1 Å². The highest BCUT2D eigenvalue weighted by Crippen LogP contribution is 2.34. The maximum atomic E-state index is 13.7. The molecule has 1 aliphatic carbocycles. The molecule has 1 aliphatic heterocycles. The highest BCUT2D eigenvalue weighted by atomic mass is 35.5. The highest BCUT2D eigenvalue weighted by Gasteiger charge is 2.45. The molecule has 1 saturated heterocycles. The average molecular weight is 558 g/mol. The zero-order valence-electron chi connectivity index (χ0n) is 22.7. The van der Waals surface area contributed by atoms with Gasteiger partial charge >= 0.3 is 0 Å². The summed E-state index contributed by atoms with van der Waals surface area (Å²) in [5, 5.41) is 11.8. The van der Waals surface area contributed by atoms with Crippen LogP contribution in [0.15, 0.2) is 9.64 Å². The second-order valence-corrected chi connectivity index (χ2v) is 12.4. The molecule has 37 heavy (non-hydrogen) atoms. The van der Waals surface area contributed by atoms with Crippen LogP contribution >= 0.6 is 24.2 Å². The highest BCUT2D eigenvalue weighted by molar-refractivity contribution is 7.99. The molecule has 2 fully saturated rings. The monoisotopic (exact) mass is 557 g/mol. The Balaban J connectivity index is 0.00000481. The topological polar surface area (TPSA) is 109 Å².